The first-order valence-corrected chi connectivity index (χ1v) is 7.69. The summed E-state index contributed by atoms with van der Waals surface area (Å²) in [5.41, 5.74) is 0.855. The Morgan fingerprint density at radius 2 is 2.14 bits per heavy atom. The number of aliphatic carboxylic acids is 1. The van der Waals surface area contributed by atoms with E-state index in [0.717, 1.165) is 10.5 Å². The van der Waals surface area contributed by atoms with Gasteiger partial charge in [-0.1, -0.05) is 11.6 Å². The largest absolute Gasteiger partial charge is 0.480 e. The number of hydrogen-bond acceptors (Lipinski definition) is 5. The van der Waals surface area contributed by atoms with Crippen molar-refractivity contribution in [2.45, 2.75) is 24.8 Å². The lowest BCUT2D eigenvalue weighted by atomic mass is 10.4. The van der Waals surface area contributed by atoms with Crippen LogP contribution in [0.1, 0.15) is 12.6 Å². The number of rotatable bonds is 4. The second-order valence-corrected chi connectivity index (χ2v) is 6.87. The molecule has 0 bridgehead atoms. The number of fused-ring (bicyclic) bond motifs is 1. The van der Waals surface area contributed by atoms with Gasteiger partial charge in [0.2, 0.25) is 10.0 Å². The Kier molecular flexibility index (Phi) is 3.91. The topological polar surface area (TPSA) is 105 Å². The van der Waals surface area contributed by atoms with Crippen molar-refractivity contribution in [3.05, 3.63) is 23.1 Å². The van der Waals surface area contributed by atoms with Gasteiger partial charge in [-0.05, 0) is 13.8 Å². The third kappa shape index (κ3) is 2.59. The molecular weight excluding hydrogens is 320 g/mol. The first-order valence-electron chi connectivity index (χ1n) is 5.87. The van der Waals surface area contributed by atoms with Gasteiger partial charge in [0.05, 0.1) is 18.1 Å². The average Bonchev–Trinajstić information content (AvgIpc) is 2.71. The number of likely N-dealkylation sites (N-methyl/N-ethyl adjacent to an activating group) is 1. The second kappa shape index (κ2) is 5.24. The fourth-order valence-corrected chi connectivity index (χ4v) is 3.09. The highest BCUT2D eigenvalue weighted by Gasteiger charge is 2.30. The Morgan fingerprint density at radius 3 is 2.71 bits per heavy atom. The molecule has 1 atom stereocenters. The summed E-state index contributed by atoms with van der Waals surface area (Å²) in [6.45, 7) is 2.95. The minimum absolute atomic E-state index is 0.162. The molecule has 0 aromatic carbocycles. The number of carboxylic acid groups (broad SMARTS) is 1. The van der Waals surface area contributed by atoms with E-state index in [-0.39, 0.29) is 4.90 Å². The van der Waals surface area contributed by atoms with Crippen molar-refractivity contribution in [3.63, 3.8) is 0 Å². The molecule has 0 saturated carbocycles. The summed E-state index contributed by atoms with van der Waals surface area (Å²) < 4.78 is 26.7. The van der Waals surface area contributed by atoms with E-state index in [0.29, 0.717) is 16.4 Å². The van der Waals surface area contributed by atoms with Crippen LogP contribution in [0.5, 0.6) is 0 Å². The van der Waals surface area contributed by atoms with Crippen molar-refractivity contribution in [1.29, 1.82) is 0 Å². The Labute approximate surface area is 126 Å². The number of sulfonamides is 1. The Morgan fingerprint density at radius 1 is 1.52 bits per heavy atom. The first kappa shape index (κ1) is 15.7. The molecule has 0 aliphatic heterocycles. The number of aromatic nitrogens is 3. The van der Waals surface area contributed by atoms with Crippen LogP contribution in [-0.2, 0) is 14.8 Å². The highest BCUT2D eigenvalue weighted by atomic mass is 35.5. The van der Waals surface area contributed by atoms with Gasteiger partial charge >= 0.3 is 5.97 Å². The van der Waals surface area contributed by atoms with Gasteiger partial charge in [0, 0.05) is 7.05 Å². The second-order valence-electron chi connectivity index (χ2n) is 4.49. The van der Waals surface area contributed by atoms with Crippen molar-refractivity contribution in [2.75, 3.05) is 7.05 Å². The van der Waals surface area contributed by atoms with Crippen molar-refractivity contribution in [1.82, 2.24) is 18.9 Å². The molecule has 10 heteroatoms. The third-order valence-electron chi connectivity index (χ3n) is 3.13. The van der Waals surface area contributed by atoms with Crippen LogP contribution in [0.4, 0.5) is 0 Å². The molecule has 0 radical (unpaired) electrons. The minimum atomic E-state index is -3.99. The Bertz CT molecular complexity index is 817. The summed E-state index contributed by atoms with van der Waals surface area (Å²) in [7, 11) is -2.80. The fourth-order valence-electron chi connectivity index (χ4n) is 1.66. The molecular formula is C11H13ClN4O4S. The number of carboxylic acids is 1. The molecule has 1 unspecified atom stereocenters. The fraction of sp³-hybridized carbons (Fsp3) is 0.364. The quantitative estimate of drug-likeness (QED) is 0.887. The van der Waals surface area contributed by atoms with E-state index < -0.39 is 22.0 Å². The SMILES string of the molecule is Cc1nn2cc(S(=O)(=O)N(C)C(C)C(=O)O)cnc2c1Cl. The first-order chi connectivity index (χ1) is 9.66. The van der Waals surface area contributed by atoms with Crippen LogP contribution in [0.15, 0.2) is 17.3 Å². The molecule has 2 rings (SSSR count). The van der Waals surface area contributed by atoms with E-state index in [2.05, 4.69) is 10.1 Å². The molecule has 0 aliphatic rings. The van der Waals surface area contributed by atoms with E-state index >= 15 is 0 Å². The number of hydrogen-bond donors (Lipinski definition) is 1. The van der Waals surface area contributed by atoms with Gasteiger partial charge < -0.3 is 5.11 Å². The van der Waals surface area contributed by atoms with Crippen LogP contribution in [0.2, 0.25) is 5.02 Å². The molecule has 2 aromatic rings. The van der Waals surface area contributed by atoms with Crippen molar-refractivity contribution in [2.24, 2.45) is 0 Å². The normalized spacial score (nSPS) is 13.8. The molecule has 1 N–H and O–H groups in total. The summed E-state index contributed by atoms with van der Waals surface area (Å²) in [5.74, 6) is -1.24. The van der Waals surface area contributed by atoms with Gasteiger partial charge in [0.25, 0.3) is 0 Å². The predicted molar refractivity (Wildman–Crippen MR) is 74.8 cm³/mol. The lowest BCUT2D eigenvalue weighted by molar-refractivity contribution is -0.140. The monoisotopic (exact) mass is 332 g/mol. The van der Waals surface area contributed by atoms with Gasteiger partial charge in [0.15, 0.2) is 5.65 Å². The lowest BCUT2D eigenvalue weighted by Crippen LogP contribution is -2.40. The molecule has 0 saturated heterocycles. The zero-order valence-electron chi connectivity index (χ0n) is 11.5. The molecule has 2 heterocycles. The highest BCUT2D eigenvalue weighted by molar-refractivity contribution is 7.89. The number of halogens is 1. The van der Waals surface area contributed by atoms with Crippen LogP contribution >= 0.6 is 11.6 Å². The van der Waals surface area contributed by atoms with E-state index in [9.17, 15) is 13.2 Å². The molecule has 0 amide bonds. The third-order valence-corrected chi connectivity index (χ3v) is 5.46. The summed E-state index contributed by atoms with van der Waals surface area (Å²) in [6.07, 6.45) is 2.38. The molecule has 2 aromatic heterocycles. The van der Waals surface area contributed by atoms with Crippen LogP contribution in [0, 0.1) is 6.92 Å². The maximum absolute atomic E-state index is 12.4. The molecule has 0 aliphatic carbocycles. The maximum Gasteiger partial charge on any atom is 0.321 e. The van der Waals surface area contributed by atoms with Crippen molar-refractivity contribution in [3.8, 4) is 0 Å². The zero-order chi connectivity index (χ0) is 15.9. The van der Waals surface area contributed by atoms with Gasteiger partial charge in [0.1, 0.15) is 16.0 Å². The summed E-state index contributed by atoms with van der Waals surface area (Å²) in [6, 6.07) is -1.20. The molecule has 0 fully saturated rings. The predicted octanol–water partition coefficient (Wildman–Crippen LogP) is 0.785. The van der Waals surface area contributed by atoms with Gasteiger partial charge in [-0.25, -0.2) is 17.9 Å². The van der Waals surface area contributed by atoms with E-state index in [1.807, 2.05) is 0 Å². The summed E-state index contributed by atoms with van der Waals surface area (Å²) in [4.78, 5) is 14.7. The number of carbonyl (C=O) groups is 1. The van der Waals surface area contributed by atoms with Gasteiger partial charge in [-0.15, -0.1) is 0 Å². The lowest BCUT2D eigenvalue weighted by Gasteiger charge is -2.20. The Hall–Kier alpha value is -1.71. The van der Waals surface area contributed by atoms with Crippen LogP contribution in [0.3, 0.4) is 0 Å². The van der Waals surface area contributed by atoms with Gasteiger partial charge in [-0.2, -0.15) is 9.40 Å². The van der Waals surface area contributed by atoms with E-state index in [4.69, 9.17) is 16.7 Å². The maximum atomic E-state index is 12.4. The van der Waals surface area contributed by atoms with Crippen molar-refractivity contribution < 1.29 is 18.3 Å². The zero-order valence-corrected chi connectivity index (χ0v) is 13.1. The average molecular weight is 333 g/mol. The Balaban J connectivity index is 2.52. The molecule has 8 nitrogen and oxygen atoms in total. The smallest absolute Gasteiger partial charge is 0.321 e. The van der Waals surface area contributed by atoms with Crippen LogP contribution in [0.25, 0.3) is 5.65 Å². The standard InChI is InChI=1S/C11H13ClN4O4S/c1-6-9(12)10-13-4-8(5-16(10)14-6)21(19,20)15(3)7(2)11(17)18/h4-5,7H,1-3H3,(H,17,18). The molecule has 0 spiro atoms. The number of aryl methyl sites for hydroxylation is 1. The van der Waals surface area contributed by atoms with E-state index in [1.165, 1.54) is 24.7 Å². The highest BCUT2D eigenvalue weighted by Crippen LogP contribution is 2.22. The molecule has 21 heavy (non-hydrogen) atoms. The summed E-state index contributed by atoms with van der Waals surface area (Å²) >= 11 is 5.98. The molecule has 114 valence electrons. The van der Waals surface area contributed by atoms with Crippen molar-refractivity contribution >= 4 is 33.2 Å². The van der Waals surface area contributed by atoms with Crippen LogP contribution < -0.4 is 0 Å². The minimum Gasteiger partial charge on any atom is -0.480 e. The van der Waals surface area contributed by atoms with Crippen LogP contribution in [-0.4, -0.2) is 51.5 Å². The summed E-state index contributed by atoms with van der Waals surface area (Å²) in [5, 5.41) is 13.3. The van der Waals surface area contributed by atoms with Gasteiger partial charge in [-0.3, -0.25) is 4.79 Å². The number of nitrogens with zero attached hydrogens (tertiary/aromatic N) is 4. The van der Waals surface area contributed by atoms with E-state index in [1.54, 1.807) is 6.92 Å².